The summed E-state index contributed by atoms with van der Waals surface area (Å²) in [4.78, 5) is 24.5. The summed E-state index contributed by atoms with van der Waals surface area (Å²) in [6.07, 6.45) is 1.49. The number of hydrazone groups is 1. The summed E-state index contributed by atoms with van der Waals surface area (Å²) in [5.41, 5.74) is 5.57. The Balaban J connectivity index is 1.58. The first-order valence-electron chi connectivity index (χ1n) is 9.74. The summed E-state index contributed by atoms with van der Waals surface area (Å²) in [5.74, 6) is -0.0795. The number of hydrogen-bond acceptors (Lipinski definition) is 6. The van der Waals surface area contributed by atoms with Gasteiger partial charge in [-0.1, -0.05) is 30.3 Å². The highest BCUT2D eigenvalue weighted by Crippen LogP contribution is 2.29. The zero-order valence-electron chi connectivity index (χ0n) is 17.6. The second-order valence-electron chi connectivity index (χ2n) is 6.74. The number of nitrogens with one attached hydrogen (secondary N) is 2. The Morgan fingerprint density at radius 1 is 1.03 bits per heavy atom. The average molecular weight is 543 g/mol. The van der Waals surface area contributed by atoms with Crippen LogP contribution >= 0.6 is 22.6 Å². The summed E-state index contributed by atoms with van der Waals surface area (Å²) < 4.78 is 11.6. The van der Waals surface area contributed by atoms with Crippen LogP contribution in [0, 0.1) is 10.5 Å². The molecule has 0 saturated carbocycles. The van der Waals surface area contributed by atoms with Crippen LogP contribution in [-0.2, 0) is 4.79 Å². The molecular weight excluding hydrogens is 521 g/mol. The minimum absolute atomic E-state index is 0.0959. The van der Waals surface area contributed by atoms with E-state index < -0.39 is 5.97 Å². The van der Waals surface area contributed by atoms with E-state index in [2.05, 4.69) is 38.4 Å². The van der Waals surface area contributed by atoms with Crippen LogP contribution in [0.5, 0.6) is 11.5 Å². The number of amides is 1. The summed E-state index contributed by atoms with van der Waals surface area (Å²) in [7, 11) is 1.49. The van der Waals surface area contributed by atoms with E-state index in [0.29, 0.717) is 22.6 Å². The lowest BCUT2D eigenvalue weighted by atomic mass is 10.2. The van der Waals surface area contributed by atoms with Crippen molar-refractivity contribution in [2.24, 2.45) is 5.10 Å². The second kappa shape index (κ2) is 11.3. The Kier molecular flexibility index (Phi) is 8.20. The van der Waals surface area contributed by atoms with Crippen LogP contribution in [0.3, 0.4) is 0 Å². The Hall–Kier alpha value is -3.40. The molecule has 0 aliphatic carbocycles. The molecule has 0 unspecified atom stereocenters. The number of anilines is 1. The third-order valence-electron chi connectivity index (χ3n) is 4.47. The van der Waals surface area contributed by atoms with Crippen LogP contribution in [0.15, 0.2) is 71.8 Å². The number of halogens is 1. The number of aryl methyl sites for hydroxylation is 1. The zero-order chi connectivity index (χ0) is 22.9. The van der Waals surface area contributed by atoms with E-state index in [1.807, 2.05) is 43.3 Å². The maximum atomic E-state index is 12.5. The molecule has 0 radical (unpaired) electrons. The smallest absolute Gasteiger partial charge is 0.344 e. The van der Waals surface area contributed by atoms with Crippen molar-refractivity contribution >= 4 is 46.4 Å². The van der Waals surface area contributed by atoms with E-state index >= 15 is 0 Å². The Morgan fingerprint density at radius 2 is 1.78 bits per heavy atom. The van der Waals surface area contributed by atoms with E-state index in [9.17, 15) is 9.59 Å². The average Bonchev–Trinajstić information content (AvgIpc) is 2.79. The molecule has 3 aromatic rings. The first-order chi connectivity index (χ1) is 15.5. The largest absolute Gasteiger partial charge is 0.493 e. The quantitative estimate of drug-likeness (QED) is 0.145. The number of hydrogen-bond donors (Lipinski definition) is 2. The molecule has 0 saturated heterocycles. The molecule has 3 rings (SSSR count). The Labute approximate surface area is 200 Å². The monoisotopic (exact) mass is 543 g/mol. The van der Waals surface area contributed by atoms with Gasteiger partial charge in [-0.25, -0.2) is 10.2 Å². The maximum Gasteiger partial charge on any atom is 0.344 e. The molecule has 0 heterocycles. The normalized spacial score (nSPS) is 10.6. The fourth-order valence-electron chi connectivity index (χ4n) is 2.80. The van der Waals surface area contributed by atoms with Gasteiger partial charge in [-0.3, -0.25) is 4.79 Å². The molecule has 0 bridgehead atoms. The maximum absolute atomic E-state index is 12.5. The first kappa shape index (κ1) is 23.3. The fraction of sp³-hybridized carbons (Fsp3) is 0.125. The molecule has 3 aromatic carbocycles. The number of carbonyl (C=O) groups excluding carboxylic acids is 2. The third kappa shape index (κ3) is 6.30. The highest BCUT2D eigenvalue weighted by molar-refractivity contribution is 14.1. The van der Waals surface area contributed by atoms with Gasteiger partial charge in [0.15, 0.2) is 11.5 Å². The number of rotatable bonds is 8. The van der Waals surface area contributed by atoms with Crippen molar-refractivity contribution in [1.29, 1.82) is 0 Å². The molecule has 7 nitrogen and oxygen atoms in total. The van der Waals surface area contributed by atoms with Gasteiger partial charge in [0.1, 0.15) is 0 Å². The van der Waals surface area contributed by atoms with Crippen molar-refractivity contribution in [3.05, 3.63) is 87.0 Å². The molecule has 0 spiro atoms. The van der Waals surface area contributed by atoms with Crippen molar-refractivity contribution in [1.82, 2.24) is 5.43 Å². The van der Waals surface area contributed by atoms with E-state index in [-0.39, 0.29) is 12.5 Å². The number of benzene rings is 3. The summed E-state index contributed by atoms with van der Waals surface area (Å²) in [6.45, 7) is 2.06. The minimum atomic E-state index is -0.469. The molecule has 164 valence electrons. The number of para-hydroxylation sites is 1. The molecule has 0 atom stereocenters. The van der Waals surface area contributed by atoms with Crippen LogP contribution in [0.1, 0.15) is 21.5 Å². The summed E-state index contributed by atoms with van der Waals surface area (Å²) >= 11 is 2.08. The molecule has 1 amide bonds. The molecule has 32 heavy (non-hydrogen) atoms. The van der Waals surface area contributed by atoms with Crippen LogP contribution in [0.4, 0.5) is 5.69 Å². The molecule has 2 N–H and O–H groups in total. The van der Waals surface area contributed by atoms with Gasteiger partial charge < -0.3 is 14.8 Å². The molecule has 0 fully saturated rings. The third-order valence-corrected chi connectivity index (χ3v) is 5.41. The van der Waals surface area contributed by atoms with Gasteiger partial charge in [0, 0.05) is 9.26 Å². The van der Waals surface area contributed by atoms with Crippen LogP contribution in [-0.4, -0.2) is 31.7 Å². The lowest BCUT2D eigenvalue weighted by molar-refractivity contribution is -0.119. The van der Waals surface area contributed by atoms with Crippen LogP contribution < -0.4 is 20.2 Å². The van der Waals surface area contributed by atoms with Crippen LogP contribution in [0.25, 0.3) is 0 Å². The SMILES string of the molecule is COc1cc(C=NNC(=O)CNc2ccccc2C)ccc1OC(=O)c1ccccc1I. The van der Waals surface area contributed by atoms with Gasteiger partial charge in [0.2, 0.25) is 0 Å². The number of ether oxygens (including phenoxy) is 2. The molecule has 0 aliphatic rings. The molecule has 0 aromatic heterocycles. The number of esters is 1. The first-order valence-corrected chi connectivity index (χ1v) is 10.8. The zero-order valence-corrected chi connectivity index (χ0v) is 19.8. The molecular formula is C24H22IN3O4. The van der Waals surface area contributed by atoms with E-state index in [1.165, 1.54) is 13.3 Å². The minimum Gasteiger partial charge on any atom is -0.493 e. The lowest BCUT2D eigenvalue weighted by Gasteiger charge is -2.10. The van der Waals surface area contributed by atoms with E-state index in [1.54, 1.807) is 30.3 Å². The number of carbonyl (C=O) groups is 2. The molecule has 8 heteroatoms. The Bertz CT molecular complexity index is 1150. The summed E-state index contributed by atoms with van der Waals surface area (Å²) in [6, 6.07) is 19.9. The standard InChI is InChI=1S/C24H22IN3O4/c1-16-7-3-6-10-20(16)26-15-23(29)28-27-14-17-11-12-21(22(13-17)31-2)32-24(30)18-8-4-5-9-19(18)25/h3-14,26H,15H2,1-2H3,(H,28,29). The highest BCUT2D eigenvalue weighted by atomic mass is 127. The molecule has 0 aliphatic heterocycles. The summed E-state index contributed by atoms with van der Waals surface area (Å²) in [5, 5.41) is 7.04. The van der Waals surface area contributed by atoms with Gasteiger partial charge >= 0.3 is 5.97 Å². The van der Waals surface area contributed by atoms with Gasteiger partial charge in [-0.05, 0) is 77.0 Å². The fourth-order valence-corrected chi connectivity index (χ4v) is 3.40. The van der Waals surface area contributed by atoms with Gasteiger partial charge in [0.25, 0.3) is 5.91 Å². The van der Waals surface area contributed by atoms with Gasteiger partial charge in [0.05, 0.1) is 25.4 Å². The van der Waals surface area contributed by atoms with Crippen molar-refractivity contribution in [2.75, 3.05) is 19.0 Å². The van der Waals surface area contributed by atoms with Crippen LogP contribution in [0.2, 0.25) is 0 Å². The van der Waals surface area contributed by atoms with Crippen molar-refractivity contribution in [2.45, 2.75) is 6.92 Å². The predicted octanol–water partition coefficient (Wildman–Crippen LogP) is 4.39. The topological polar surface area (TPSA) is 89.0 Å². The number of nitrogens with zero attached hydrogens (tertiary/aromatic N) is 1. The van der Waals surface area contributed by atoms with Crippen molar-refractivity contribution in [3.63, 3.8) is 0 Å². The van der Waals surface area contributed by atoms with E-state index in [0.717, 1.165) is 14.8 Å². The van der Waals surface area contributed by atoms with Gasteiger partial charge in [-0.15, -0.1) is 0 Å². The lowest BCUT2D eigenvalue weighted by Crippen LogP contribution is -2.26. The van der Waals surface area contributed by atoms with Crippen molar-refractivity contribution in [3.8, 4) is 11.5 Å². The highest BCUT2D eigenvalue weighted by Gasteiger charge is 2.15. The predicted molar refractivity (Wildman–Crippen MR) is 133 cm³/mol. The van der Waals surface area contributed by atoms with Crippen molar-refractivity contribution < 1.29 is 19.1 Å². The van der Waals surface area contributed by atoms with E-state index in [4.69, 9.17) is 9.47 Å². The number of methoxy groups -OCH3 is 1. The second-order valence-corrected chi connectivity index (χ2v) is 7.90. The van der Waals surface area contributed by atoms with Gasteiger partial charge in [-0.2, -0.15) is 5.10 Å². The Morgan fingerprint density at radius 3 is 2.53 bits per heavy atom.